The van der Waals surface area contributed by atoms with Gasteiger partial charge in [-0.3, -0.25) is 4.79 Å². The lowest BCUT2D eigenvalue weighted by Crippen LogP contribution is -2.07. The van der Waals surface area contributed by atoms with Crippen molar-refractivity contribution in [2.24, 2.45) is 0 Å². The molecule has 160 valence electrons. The Balaban J connectivity index is 1.78. The molecule has 0 saturated carbocycles. The number of hydrogen-bond acceptors (Lipinski definition) is 7. The normalized spacial score (nSPS) is 14.0. The van der Waals surface area contributed by atoms with Gasteiger partial charge in [-0.05, 0) is 48.5 Å². The summed E-state index contributed by atoms with van der Waals surface area (Å²) in [6.07, 6.45) is 1.91. The van der Waals surface area contributed by atoms with Crippen LogP contribution >= 0.6 is 0 Å². The molecule has 0 aliphatic carbocycles. The standard InChI is InChI=1S/C22H22FN5O3/c1-3-20(29)25-16-5-4-6-17(13-16)26-21-19(23)14-24-22(28-21)27-15-7-9-18(10-8-15)31-12-11-30-2/h3-10,13-14H,1,11-12H2,2H3,(H,25,29)(H2,24,26,27,28)/i4D,11D2,12D2,13D. The zero-order valence-electron chi connectivity index (χ0n) is 22.3. The number of carbonyl (C=O) groups excluding carboxylic acids is 1. The lowest BCUT2D eigenvalue weighted by atomic mass is 10.2. The number of nitrogens with zero attached hydrogens (tertiary/aromatic N) is 2. The number of benzene rings is 2. The Bertz CT molecular complexity index is 1310. The molecule has 0 radical (unpaired) electrons. The smallest absolute Gasteiger partial charge is 0.247 e. The van der Waals surface area contributed by atoms with Crippen LogP contribution < -0.4 is 20.7 Å². The van der Waals surface area contributed by atoms with Crippen LogP contribution in [0.4, 0.5) is 33.2 Å². The van der Waals surface area contributed by atoms with Crippen molar-refractivity contribution in [1.82, 2.24) is 9.97 Å². The Labute approximate surface area is 187 Å². The maximum absolute atomic E-state index is 14.4. The van der Waals surface area contributed by atoms with Crippen molar-refractivity contribution in [3.63, 3.8) is 0 Å². The SMILES string of the molecule is [2H]c1cc(NC(=O)C=C)c([2H])c(Nc2nc(Nc3ccc(OC([2H])([2H])C([2H])([2H])OC)cc3)ncc2F)c1. The minimum absolute atomic E-state index is 0.0158. The van der Waals surface area contributed by atoms with E-state index in [2.05, 4.69) is 37.2 Å². The number of aromatic nitrogens is 2. The molecule has 8 nitrogen and oxygen atoms in total. The number of halogens is 1. The van der Waals surface area contributed by atoms with E-state index in [1.807, 2.05) is 0 Å². The van der Waals surface area contributed by atoms with Crippen LogP contribution in [-0.2, 0) is 9.53 Å². The van der Waals surface area contributed by atoms with E-state index in [0.717, 1.165) is 19.4 Å². The molecular formula is C22H22FN5O3. The van der Waals surface area contributed by atoms with Crippen LogP contribution in [0.3, 0.4) is 0 Å². The van der Waals surface area contributed by atoms with Crippen LogP contribution in [0.5, 0.6) is 5.75 Å². The maximum Gasteiger partial charge on any atom is 0.247 e. The maximum atomic E-state index is 14.4. The summed E-state index contributed by atoms with van der Waals surface area (Å²) in [5, 5.41) is 7.88. The monoisotopic (exact) mass is 429 g/mol. The fourth-order valence-electron chi connectivity index (χ4n) is 2.24. The highest BCUT2D eigenvalue weighted by atomic mass is 19.1. The second kappa shape index (κ2) is 10.7. The van der Waals surface area contributed by atoms with Crippen LogP contribution in [0.2, 0.25) is 0 Å². The van der Waals surface area contributed by atoms with Crippen molar-refractivity contribution in [2.45, 2.75) is 0 Å². The summed E-state index contributed by atoms with van der Waals surface area (Å²) in [6.45, 7) is -2.12. The van der Waals surface area contributed by atoms with Crippen molar-refractivity contribution >= 4 is 34.7 Å². The van der Waals surface area contributed by atoms with E-state index in [9.17, 15) is 9.18 Å². The second-order valence-corrected chi connectivity index (χ2v) is 5.78. The van der Waals surface area contributed by atoms with Gasteiger partial charge in [-0.25, -0.2) is 9.37 Å². The largest absolute Gasteiger partial charge is 0.491 e. The Morgan fingerprint density at radius 2 is 1.97 bits per heavy atom. The second-order valence-electron chi connectivity index (χ2n) is 5.78. The molecule has 3 N–H and O–H groups in total. The average Bonchev–Trinajstić information content (AvgIpc) is 2.84. The summed E-state index contributed by atoms with van der Waals surface area (Å²) in [6, 6.07) is 7.99. The number of carbonyl (C=O) groups is 1. The van der Waals surface area contributed by atoms with Gasteiger partial charge >= 0.3 is 0 Å². The number of nitrogens with one attached hydrogen (secondary N) is 3. The first-order valence-corrected chi connectivity index (χ1v) is 8.80. The highest BCUT2D eigenvalue weighted by Crippen LogP contribution is 2.23. The van der Waals surface area contributed by atoms with E-state index in [-0.39, 0.29) is 41.0 Å². The quantitative estimate of drug-likeness (QED) is 0.415. The zero-order valence-corrected chi connectivity index (χ0v) is 16.3. The first kappa shape index (κ1) is 14.9. The van der Waals surface area contributed by atoms with Crippen molar-refractivity contribution in [3.05, 3.63) is 73.2 Å². The lowest BCUT2D eigenvalue weighted by molar-refractivity contribution is -0.111. The molecule has 0 atom stereocenters. The highest BCUT2D eigenvalue weighted by Gasteiger charge is 2.09. The third-order valence-corrected chi connectivity index (χ3v) is 3.59. The average molecular weight is 429 g/mol. The third kappa shape index (κ3) is 6.51. The Morgan fingerprint density at radius 3 is 2.71 bits per heavy atom. The summed E-state index contributed by atoms with van der Waals surface area (Å²) in [7, 11) is 1.02. The molecule has 9 heteroatoms. The molecular weight excluding hydrogens is 401 g/mol. The molecule has 1 amide bonds. The Morgan fingerprint density at radius 1 is 1.19 bits per heavy atom. The van der Waals surface area contributed by atoms with Crippen molar-refractivity contribution in [1.29, 1.82) is 0 Å². The molecule has 0 spiro atoms. The molecule has 3 rings (SSSR count). The van der Waals surface area contributed by atoms with Crippen LogP contribution in [0.25, 0.3) is 0 Å². The first-order chi connectivity index (χ1) is 17.3. The van der Waals surface area contributed by atoms with E-state index in [0.29, 0.717) is 5.69 Å². The lowest BCUT2D eigenvalue weighted by Gasteiger charge is -2.11. The van der Waals surface area contributed by atoms with Gasteiger partial charge in [0.2, 0.25) is 11.9 Å². The molecule has 0 aliphatic rings. The molecule has 0 unspecified atom stereocenters. The predicted octanol–water partition coefficient (Wildman–Crippen LogP) is 4.25. The summed E-state index contributed by atoms with van der Waals surface area (Å²) in [5.74, 6) is -1.72. The van der Waals surface area contributed by atoms with Gasteiger partial charge in [-0.2, -0.15) is 4.98 Å². The summed E-state index contributed by atoms with van der Waals surface area (Å²) >= 11 is 0. The van der Waals surface area contributed by atoms with Crippen LogP contribution in [0.1, 0.15) is 8.22 Å². The van der Waals surface area contributed by atoms with Crippen molar-refractivity contribution < 1.29 is 26.9 Å². The molecule has 0 saturated heterocycles. The number of hydrogen-bond donors (Lipinski definition) is 3. The zero-order chi connectivity index (χ0) is 27.4. The number of rotatable bonds is 10. The Hall–Kier alpha value is -3.98. The molecule has 0 bridgehead atoms. The van der Waals surface area contributed by atoms with Crippen molar-refractivity contribution in [3.8, 4) is 5.75 Å². The van der Waals surface area contributed by atoms with Crippen LogP contribution in [0.15, 0.2) is 67.3 Å². The van der Waals surface area contributed by atoms with Crippen molar-refractivity contribution in [2.75, 3.05) is 36.2 Å². The van der Waals surface area contributed by atoms with Gasteiger partial charge in [0.15, 0.2) is 11.6 Å². The molecule has 31 heavy (non-hydrogen) atoms. The molecule has 2 aromatic carbocycles. The number of methoxy groups -OCH3 is 1. The minimum atomic E-state index is -2.77. The predicted molar refractivity (Wildman–Crippen MR) is 118 cm³/mol. The van der Waals surface area contributed by atoms with E-state index in [1.165, 1.54) is 36.4 Å². The molecule has 3 aromatic rings. The number of anilines is 5. The number of amides is 1. The molecule has 0 fully saturated rings. The first-order valence-electron chi connectivity index (χ1n) is 11.8. The van der Waals surface area contributed by atoms with E-state index in [4.69, 9.17) is 13.0 Å². The van der Waals surface area contributed by atoms with Gasteiger partial charge in [0.1, 0.15) is 12.3 Å². The Kier molecular flexibility index (Phi) is 5.15. The van der Waals surface area contributed by atoms with Gasteiger partial charge in [-0.1, -0.05) is 12.6 Å². The fraction of sp³-hybridized carbons (Fsp3) is 0.136. The van der Waals surface area contributed by atoms with Gasteiger partial charge < -0.3 is 25.4 Å². The molecule has 1 heterocycles. The van der Waals surface area contributed by atoms with E-state index < -0.39 is 24.8 Å². The highest BCUT2D eigenvalue weighted by molar-refractivity contribution is 5.99. The van der Waals surface area contributed by atoms with Crippen LogP contribution in [-0.4, -0.2) is 36.1 Å². The summed E-state index contributed by atoms with van der Waals surface area (Å²) in [4.78, 5) is 19.5. The number of ether oxygens (including phenoxy) is 2. The topological polar surface area (TPSA) is 97.4 Å². The molecule has 1 aromatic heterocycles. The molecule has 0 aliphatic heterocycles. The van der Waals surface area contributed by atoms with Crippen LogP contribution in [0, 0.1) is 5.82 Å². The van der Waals surface area contributed by atoms with E-state index >= 15 is 0 Å². The third-order valence-electron chi connectivity index (χ3n) is 3.59. The van der Waals surface area contributed by atoms with E-state index in [1.54, 1.807) is 0 Å². The van der Waals surface area contributed by atoms with Gasteiger partial charge in [0, 0.05) is 24.2 Å². The minimum Gasteiger partial charge on any atom is -0.491 e. The summed E-state index contributed by atoms with van der Waals surface area (Å²) in [5.41, 5.74) is 0.462. The van der Waals surface area contributed by atoms with Gasteiger partial charge in [0.25, 0.3) is 0 Å². The van der Waals surface area contributed by atoms with Gasteiger partial charge in [0.05, 0.1) is 21.0 Å². The summed E-state index contributed by atoms with van der Waals surface area (Å²) < 4.78 is 70.7. The van der Waals surface area contributed by atoms with Gasteiger partial charge in [-0.15, -0.1) is 0 Å². The fourth-order valence-corrected chi connectivity index (χ4v) is 2.24.